The molecule has 1 aromatic heterocycles. The zero-order valence-corrected chi connectivity index (χ0v) is 14.1. The number of nitrogens with zero attached hydrogens (tertiary/aromatic N) is 3. The molecule has 1 aliphatic carbocycles. The van der Waals surface area contributed by atoms with Gasteiger partial charge in [-0.3, -0.25) is 4.98 Å². The number of pyridine rings is 1. The van der Waals surface area contributed by atoms with E-state index in [0.717, 1.165) is 25.7 Å². The third kappa shape index (κ3) is 4.29. The number of carbonyl (C=O) groups is 1. The Bertz CT molecular complexity index is 594. The summed E-state index contributed by atoms with van der Waals surface area (Å²) in [4.78, 5) is 17.9. The predicted molar refractivity (Wildman–Crippen MR) is 90.3 cm³/mol. The highest BCUT2D eigenvalue weighted by Crippen LogP contribution is 2.23. The molecule has 132 valence electrons. The maximum Gasteiger partial charge on any atom is 0.410 e. The van der Waals surface area contributed by atoms with E-state index in [-0.39, 0.29) is 24.1 Å². The minimum Gasteiger partial charge on any atom is -0.506 e. The highest BCUT2D eigenvalue weighted by atomic mass is 16.6. The van der Waals surface area contributed by atoms with Gasteiger partial charge in [0.2, 0.25) is 0 Å². The summed E-state index contributed by atoms with van der Waals surface area (Å²) in [5, 5.41) is 10.6. The Kier molecular flexibility index (Phi) is 5.86. The molecule has 1 fully saturated rings. The van der Waals surface area contributed by atoms with Crippen molar-refractivity contribution in [2.24, 2.45) is 11.6 Å². The van der Waals surface area contributed by atoms with Gasteiger partial charge in [0.1, 0.15) is 12.4 Å². The molecular weight excluding hydrogens is 310 g/mol. The molecule has 1 saturated carbocycles. The van der Waals surface area contributed by atoms with E-state index < -0.39 is 6.09 Å². The smallest absolute Gasteiger partial charge is 0.410 e. The van der Waals surface area contributed by atoms with Crippen LogP contribution in [0.2, 0.25) is 0 Å². The molecule has 0 bridgehead atoms. The van der Waals surface area contributed by atoms with Gasteiger partial charge in [-0.2, -0.15) is 0 Å². The molecule has 1 aromatic rings. The van der Waals surface area contributed by atoms with E-state index in [1.165, 1.54) is 17.3 Å². The highest BCUT2D eigenvalue weighted by molar-refractivity contribution is 5.69. The fraction of sp³-hybridized carbons (Fsp3) is 0.500. The number of hydrogen-bond acceptors (Lipinski definition) is 7. The molecule has 1 amide bonds. The molecule has 0 spiro atoms. The lowest BCUT2D eigenvalue weighted by Crippen LogP contribution is -2.37. The van der Waals surface area contributed by atoms with Crippen molar-refractivity contribution in [1.29, 1.82) is 0 Å². The number of amides is 1. The minimum atomic E-state index is -0.396. The van der Waals surface area contributed by atoms with Gasteiger partial charge in [-0.1, -0.05) is 12.8 Å². The Morgan fingerprint density at radius 2 is 2.04 bits per heavy atom. The molecule has 0 unspecified atom stereocenters. The second-order valence-electron chi connectivity index (χ2n) is 5.98. The molecule has 2 rings (SSSR count). The van der Waals surface area contributed by atoms with Crippen molar-refractivity contribution < 1.29 is 14.6 Å². The number of carbonyl (C=O) groups excluding carboxylic acids is 1. The van der Waals surface area contributed by atoms with Crippen molar-refractivity contribution in [3.63, 3.8) is 0 Å². The molecule has 24 heavy (non-hydrogen) atoms. The van der Waals surface area contributed by atoms with Crippen LogP contribution in [0.4, 0.5) is 4.79 Å². The molecule has 1 heterocycles. The quantitative estimate of drug-likeness (QED) is 0.547. The van der Waals surface area contributed by atoms with Gasteiger partial charge in [-0.05, 0) is 25.0 Å². The van der Waals surface area contributed by atoms with Gasteiger partial charge in [0.25, 0.3) is 0 Å². The number of rotatable bonds is 5. The van der Waals surface area contributed by atoms with Crippen LogP contribution >= 0.6 is 0 Å². The number of aromatic hydroxyl groups is 1. The molecular formula is C16H25N5O3. The van der Waals surface area contributed by atoms with E-state index in [2.05, 4.69) is 4.98 Å². The highest BCUT2D eigenvalue weighted by Gasteiger charge is 2.25. The van der Waals surface area contributed by atoms with E-state index in [1.807, 2.05) is 0 Å². The SMILES string of the molecule is CN(N)/C(COC(=O)N(C)C1CCCC1)=C(\N)c1ccc(O)cn1. The van der Waals surface area contributed by atoms with Gasteiger partial charge in [0, 0.05) is 20.1 Å². The van der Waals surface area contributed by atoms with Crippen LogP contribution in [-0.2, 0) is 4.74 Å². The molecule has 0 saturated heterocycles. The molecule has 0 radical (unpaired) electrons. The van der Waals surface area contributed by atoms with Crippen molar-refractivity contribution in [2.45, 2.75) is 31.7 Å². The fourth-order valence-electron chi connectivity index (χ4n) is 2.74. The van der Waals surface area contributed by atoms with Crippen LogP contribution in [0.3, 0.4) is 0 Å². The fourth-order valence-corrected chi connectivity index (χ4v) is 2.74. The Morgan fingerprint density at radius 3 is 2.58 bits per heavy atom. The maximum absolute atomic E-state index is 12.2. The molecule has 5 N–H and O–H groups in total. The topological polar surface area (TPSA) is 118 Å². The molecule has 0 aliphatic heterocycles. The molecule has 0 aromatic carbocycles. The summed E-state index contributed by atoms with van der Waals surface area (Å²) in [6.07, 6.45) is 5.18. The van der Waals surface area contributed by atoms with E-state index >= 15 is 0 Å². The summed E-state index contributed by atoms with van der Waals surface area (Å²) in [7, 11) is 3.36. The van der Waals surface area contributed by atoms with Gasteiger partial charge in [0.15, 0.2) is 0 Å². The van der Waals surface area contributed by atoms with Gasteiger partial charge < -0.3 is 25.5 Å². The standard InChI is InChI=1S/C16H25N5O3/c1-20(11-5-3-4-6-11)16(23)24-10-14(21(2)18)15(17)13-8-7-12(22)9-19-13/h7-9,11,22H,3-6,10,17-18H2,1-2H3/b15-14-. The third-order valence-corrected chi connectivity index (χ3v) is 4.25. The first-order valence-corrected chi connectivity index (χ1v) is 7.92. The second-order valence-corrected chi connectivity index (χ2v) is 5.98. The van der Waals surface area contributed by atoms with Gasteiger partial charge in [-0.25, -0.2) is 10.6 Å². The van der Waals surface area contributed by atoms with Crippen LogP contribution in [0.1, 0.15) is 31.4 Å². The number of hydrogen-bond donors (Lipinski definition) is 3. The average Bonchev–Trinajstić information content (AvgIpc) is 3.08. The zero-order chi connectivity index (χ0) is 17.7. The van der Waals surface area contributed by atoms with E-state index in [0.29, 0.717) is 11.4 Å². The van der Waals surface area contributed by atoms with E-state index in [1.54, 1.807) is 25.1 Å². The summed E-state index contributed by atoms with van der Waals surface area (Å²) < 4.78 is 5.36. The minimum absolute atomic E-state index is 0.0406. The van der Waals surface area contributed by atoms with Crippen LogP contribution < -0.4 is 11.6 Å². The Morgan fingerprint density at radius 1 is 1.38 bits per heavy atom. The number of nitrogens with two attached hydrogens (primary N) is 2. The van der Waals surface area contributed by atoms with Crippen LogP contribution in [0.5, 0.6) is 5.75 Å². The predicted octanol–water partition coefficient (Wildman–Crippen LogP) is 1.23. The monoisotopic (exact) mass is 335 g/mol. The molecule has 8 heteroatoms. The van der Waals surface area contributed by atoms with Crippen LogP contribution in [0.15, 0.2) is 24.0 Å². The van der Waals surface area contributed by atoms with E-state index in [9.17, 15) is 9.90 Å². The summed E-state index contributed by atoms with van der Waals surface area (Å²) >= 11 is 0. The third-order valence-electron chi connectivity index (χ3n) is 4.25. The van der Waals surface area contributed by atoms with Gasteiger partial charge >= 0.3 is 6.09 Å². The lowest BCUT2D eigenvalue weighted by atomic mass is 10.2. The Labute approximate surface area is 141 Å². The second kappa shape index (κ2) is 7.87. The summed E-state index contributed by atoms with van der Waals surface area (Å²) in [6.45, 7) is -0.0583. The lowest BCUT2D eigenvalue weighted by Gasteiger charge is -2.25. The van der Waals surface area contributed by atoms with E-state index in [4.69, 9.17) is 16.3 Å². The average molecular weight is 335 g/mol. The Balaban J connectivity index is 2.06. The number of hydrazine groups is 1. The molecule has 0 atom stereocenters. The Hall–Kier alpha value is -2.48. The normalized spacial score (nSPS) is 15.8. The van der Waals surface area contributed by atoms with Crippen molar-refractivity contribution in [2.75, 3.05) is 20.7 Å². The number of ether oxygens (including phenoxy) is 1. The first kappa shape index (κ1) is 17.9. The zero-order valence-electron chi connectivity index (χ0n) is 14.1. The van der Waals surface area contributed by atoms with Crippen LogP contribution in [-0.4, -0.2) is 52.8 Å². The largest absolute Gasteiger partial charge is 0.506 e. The van der Waals surface area contributed by atoms with Crippen LogP contribution in [0.25, 0.3) is 5.70 Å². The van der Waals surface area contributed by atoms with Gasteiger partial charge in [0.05, 0.1) is 23.3 Å². The summed E-state index contributed by atoms with van der Waals surface area (Å²) in [6, 6.07) is 3.28. The maximum atomic E-state index is 12.2. The lowest BCUT2D eigenvalue weighted by molar-refractivity contribution is 0.0999. The molecule has 8 nitrogen and oxygen atoms in total. The first-order valence-electron chi connectivity index (χ1n) is 7.92. The van der Waals surface area contributed by atoms with Gasteiger partial charge in [-0.15, -0.1) is 0 Å². The first-order chi connectivity index (χ1) is 11.4. The van der Waals surface area contributed by atoms with Crippen molar-refractivity contribution in [3.8, 4) is 5.75 Å². The van der Waals surface area contributed by atoms with Crippen molar-refractivity contribution in [1.82, 2.24) is 14.9 Å². The van der Waals surface area contributed by atoms with Crippen molar-refractivity contribution in [3.05, 3.63) is 29.7 Å². The number of aromatic nitrogens is 1. The number of likely N-dealkylation sites (N-methyl/N-ethyl adjacent to an activating group) is 1. The summed E-state index contributed by atoms with van der Waals surface area (Å²) in [5.41, 5.74) is 7.25. The summed E-state index contributed by atoms with van der Waals surface area (Å²) in [5.74, 6) is 5.84. The molecule has 1 aliphatic rings. The van der Waals surface area contributed by atoms with Crippen LogP contribution in [0, 0.1) is 0 Å². The van der Waals surface area contributed by atoms with Crippen molar-refractivity contribution >= 4 is 11.8 Å².